The van der Waals surface area contributed by atoms with E-state index in [0.717, 1.165) is 12.0 Å². The summed E-state index contributed by atoms with van der Waals surface area (Å²) in [6.45, 7) is 0.190. The second kappa shape index (κ2) is 5.08. The Hall–Kier alpha value is -1.41. The maximum atomic E-state index is 11.3. The minimum absolute atomic E-state index is 0.190. The second-order valence-electron chi connectivity index (χ2n) is 4.16. The van der Waals surface area contributed by atoms with Gasteiger partial charge in [-0.05, 0) is 29.5 Å². The number of hydrogen-bond donors (Lipinski definition) is 1. The van der Waals surface area contributed by atoms with E-state index < -0.39 is 0 Å². The summed E-state index contributed by atoms with van der Waals surface area (Å²) in [4.78, 5) is 11.3. The van der Waals surface area contributed by atoms with Crippen LogP contribution in [0.3, 0.4) is 0 Å². The molecule has 0 spiro atoms. The van der Waals surface area contributed by atoms with Crippen LogP contribution in [0.2, 0.25) is 0 Å². The highest BCUT2D eigenvalue weighted by atomic mass is 16.2. The largest absolute Gasteiger partial charge is 0.396 e. The molecular formula is C14H16O2. The molecule has 0 saturated carbocycles. The maximum absolute atomic E-state index is 11.3. The molecule has 2 nitrogen and oxygen atoms in total. The standard InChI is InChI=1S/C14H16O2/c15-8-2-1-3-11-4-5-13-10-14(16)7-6-12(13)9-11/h1,3-5,9,15H,2,6-8,10H2. The van der Waals surface area contributed by atoms with Crippen LogP contribution in [-0.4, -0.2) is 17.5 Å². The zero-order chi connectivity index (χ0) is 11.4. The van der Waals surface area contributed by atoms with E-state index in [0.29, 0.717) is 25.0 Å². The predicted octanol–water partition coefficient (Wildman–Crippen LogP) is 2.14. The summed E-state index contributed by atoms with van der Waals surface area (Å²) >= 11 is 0. The highest BCUT2D eigenvalue weighted by Crippen LogP contribution is 2.21. The summed E-state index contributed by atoms with van der Waals surface area (Å²) < 4.78 is 0. The van der Waals surface area contributed by atoms with Gasteiger partial charge in [0.05, 0.1) is 0 Å². The fraction of sp³-hybridized carbons (Fsp3) is 0.357. The summed E-state index contributed by atoms with van der Waals surface area (Å²) in [6.07, 6.45) is 6.82. The molecule has 16 heavy (non-hydrogen) atoms. The smallest absolute Gasteiger partial charge is 0.137 e. The van der Waals surface area contributed by atoms with Crippen LogP contribution < -0.4 is 0 Å². The van der Waals surface area contributed by atoms with E-state index in [-0.39, 0.29) is 6.61 Å². The van der Waals surface area contributed by atoms with E-state index in [2.05, 4.69) is 6.07 Å². The van der Waals surface area contributed by atoms with E-state index in [1.54, 1.807) is 0 Å². The molecule has 0 aliphatic heterocycles. The fourth-order valence-corrected chi connectivity index (χ4v) is 2.02. The van der Waals surface area contributed by atoms with E-state index in [1.165, 1.54) is 11.1 Å². The molecule has 0 heterocycles. The van der Waals surface area contributed by atoms with Crippen molar-refractivity contribution in [1.29, 1.82) is 0 Å². The molecule has 84 valence electrons. The summed E-state index contributed by atoms with van der Waals surface area (Å²) in [5, 5.41) is 8.68. The van der Waals surface area contributed by atoms with Crippen LogP contribution in [0.5, 0.6) is 0 Å². The number of rotatable bonds is 3. The lowest BCUT2D eigenvalue weighted by Crippen LogP contribution is -2.13. The predicted molar refractivity (Wildman–Crippen MR) is 64.2 cm³/mol. The molecule has 0 aromatic heterocycles. The van der Waals surface area contributed by atoms with Crippen LogP contribution in [0.15, 0.2) is 24.3 Å². The van der Waals surface area contributed by atoms with Crippen LogP contribution in [0.1, 0.15) is 29.5 Å². The zero-order valence-electron chi connectivity index (χ0n) is 9.28. The van der Waals surface area contributed by atoms with Gasteiger partial charge in [-0.2, -0.15) is 0 Å². The minimum atomic E-state index is 0.190. The molecule has 0 unspecified atom stereocenters. The van der Waals surface area contributed by atoms with Gasteiger partial charge in [0.2, 0.25) is 0 Å². The number of benzene rings is 1. The van der Waals surface area contributed by atoms with E-state index in [4.69, 9.17) is 5.11 Å². The Balaban J connectivity index is 2.16. The van der Waals surface area contributed by atoms with Gasteiger partial charge in [0.15, 0.2) is 0 Å². The van der Waals surface area contributed by atoms with Gasteiger partial charge < -0.3 is 5.11 Å². The molecule has 0 fully saturated rings. The van der Waals surface area contributed by atoms with E-state index in [9.17, 15) is 4.79 Å². The molecule has 2 heteroatoms. The highest BCUT2D eigenvalue weighted by molar-refractivity contribution is 5.83. The van der Waals surface area contributed by atoms with Crippen LogP contribution in [0.25, 0.3) is 6.08 Å². The number of aryl methyl sites for hydroxylation is 1. The van der Waals surface area contributed by atoms with Crippen molar-refractivity contribution in [3.05, 3.63) is 41.0 Å². The van der Waals surface area contributed by atoms with Gasteiger partial charge in [-0.3, -0.25) is 4.79 Å². The molecule has 1 aliphatic carbocycles. The minimum Gasteiger partial charge on any atom is -0.396 e. The Morgan fingerprint density at radius 1 is 1.25 bits per heavy atom. The van der Waals surface area contributed by atoms with Crippen LogP contribution >= 0.6 is 0 Å². The Morgan fingerprint density at radius 3 is 2.94 bits per heavy atom. The second-order valence-corrected chi connectivity index (χ2v) is 4.16. The number of hydrogen-bond acceptors (Lipinski definition) is 2. The number of ketones is 1. The van der Waals surface area contributed by atoms with E-state index in [1.807, 2.05) is 24.3 Å². The van der Waals surface area contributed by atoms with Crippen molar-refractivity contribution < 1.29 is 9.90 Å². The number of carbonyl (C=O) groups is 1. The summed E-state index contributed by atoms with van der Waals surface area (Å²) in [5.74, 6) is 0.344. The number of Topliss-reactive ketones (excluding diaryl/α,β-unsaturated/α-hetero) is 1. The third kappa shape index (κ3) is 2.58. The van der Waals surface area contributed by atoms with Crippen molar-refractivity contribution in [3.8, 4) is 0 Å². The quantitative estimate of drug-likeness (QED) is 0.840. The first-order valence-corrected chi connectivity index (χ1v) is 5.70. The van der Waals surface area contributed by atoms with Gasteiger partial charge in [0.25, 0.3) is 0 Å². The van der Waals surface area contributed by atoms with Crippen molar-refractivity contribution in [3.63, 3.8) is 0 Å². The molecule has 0 radical (unpaired) electrons. The van der Waals surface area contributed by atoms with Gasteiger partial charge in [-0.25, -0.2) is 0 Å². The van der Waals surface area contributed by atoms with Gasteiger partial charge in [-0.15, -0.1) is 0 Å². The Kier molecular flexibility index (Phi) is 3.52. The molecule has 0 atom stereocenters. The normalized spacial score (nSPS) is 15.4. The molecule has 0 saturated heterocycles. The SMILES string of the molecule is O=C1CCc2cc(C=CCCO)ccc2C1. The molecule has 1 aromatic carbocycles. The van der Waals surface area contributed by atoms with Gasteiger partial charge >= 0.3 is 0 Å². The van der Waals surface area contributed by atoms with Crippen LogP contribution in [-0.2, 0) is 17.6 Å². The maximum Gasteiger partial charge on any atom is 0.137 e. The number of fused-ring (bicyclic) bond motifs is 1. The molecule has 2 rings (SSSR count). The number of aliphatic hydroxyl groups is 1. The summed E-state index contributed by atoms with van der Waals surface area (Å²) in [5.41, 5.74) is 3.63. The molecule has 1 N–H and O–H groups in total. The molecule has 1 aromatic rings. The van der Waals surface area contributed by atoms with Crippen LogP contribution in [0, 0.1) is 0 Å². The lowest BCUT2D eigenvalue weighted by molar-refractivity contribution is -0.118. The molecular weight excluding hydrogens is 200 g/mol. The van der Waals surface area contributed by atoms with Crippen LogP contribution in [0.4, 0.5) is 0 Å². The lowest BCUT2D eigenvalue weighted by atomic mass is 9.89. The zero-order valence-corrected chi connectivity index (χ0v) is 9.28. The number of aliphatic hydroxyl groups excluding tert-OH is 1. The molecule has 0 amide bonds. The van der Waals surface area contributed by atoms with Gasteiger partial charge in [-0.1, -0.05) is 30.4 Å². The third-order valence-corrected chi connectivity index (χ3v) is 2.90. The van der Waals surface area contributed by atoms with Crippen molar-refractivity contribution in [1.82, 2.24) is 0 Å². The van der Waals surface area contributed by atoms with Crippen molar-refractivity contribution in [2.75, 3.05) is 6.61 Å². The highest BCUT2D eigenvalue weighted by Gasteiger charge is 2.14. The van der Waals surface area contributed by atoms with Gasteiger partial charge in [0.1, 0.15) is 5.78 Å². The first kappa shape index (κ1) is 11.1. The Labute approximate surface area is 95.6 Å². The topological polar surface area (TPSA) is 37.3 Å². The van der Waals surface area contributed by atoms with E-state index >= 15 is 0 Å². The molecule has 1 aliphatic rings. The van der Waals surface area contributed by atoms with Crippen molar-refractivity contribution in [2.24, 2.45) is 0 Å². The summed E-state index contributed by atoms with van der Waals surface area (Å²) in [6, 6.07) is 6.23. The molecule has 0 bridgehead atoms. The lowest BCUT2D eigenvalue weighted by Gasteiger charge is -2.14. The monoisotopic (exact) mass is 216 g/mol. The Bertz CT molecular complexity index is 419. The fourth-order valence-electron chi connectivity index (χ4n) is 2.02. The third-order valence-electron chi connectivity index (χ3n) is 2.90. The summed E-state index contributed by atoms with van der Waals surface area (Å²) in [7, 11) is 0. The number of carbonyl (C=O) groups excluding carboxylic acids is 1. The first-order chi connectivity index (χ1) is 7.79. The van der Waals surface area contributed by atoms with Crippen molar-refractivity contribution >= 4 is 11.9 Å². The Morgan fingerprint density at radius 2 is 2.12 bits per heavy atom. The average Bonchev–Trinajstić information content (AvgIpc) is 2.29. The average molecular weight is 216 g/mol. The van der Waals surface area contributed by atoms with Crippen molar-refractivity contribution in [2.45, 2.75) is 25.7 Å². The first-order valence-electron chi connectivity index (χ1n) is 5.70. The van der Waals surface area contributed by atoms with Gasteiger partial charge in [0, 0.05) is 19.4 Å².